The monoisotopic (exact) mass is 385 g/mol. The molecule has 0 unspecified atom stereocenters. The van der Waals surface area contributed by atoms with Crippen LogP contribution in [0.15, 0.2) is 54.7 Å². The molecule has 0 atom stereocenters. The number of nitrogen functional groups attached to an aromatic ring is 1. The fourth-order valence-corrected chi connectivity index (χ4v) is 3.50. The van der Waals surface area contributed by atoms with Crippen LogP contribution in [0.2, 0.25) is 0 Å². The van der Waals surface area contributed by atoms with Crippen molar-refractivity contribution in [2.45, 2.75) is 33.6 Å². The molecule has 0 aliphatic heterocycles. The summed E-state index contributed by atoms with van der Waals surface area (Å²) in [4.78, 5) is 9.14. The van der Waals surface area contributed by atoms with E-state index < -0.39 is 0 Å². The number of benzene rings is 2. The number of hydrogen-bond acceptors (Lipinski definition) is 4. The summed E-state index contributed by atoms with van der Waals surface area (Å²) in [6, 6.07) is 16.9. The van der Waals surface area contributed by atoms with Gasteiger partial charge < -0.3 is 10.5 Å². The first-order chi connectivity index (χ1) is 14.0. The molecule has 4 nitrogen and oxygen atoms in total. The number of pyridine rings is 2. The molecule has 2 N–H and O–H groups in total. The van der Waals surface area contributed by atoms with Gasteiger partial charge in [0.05, 0.1) is 12.1 Å². The molecule has 0 aliphatic rings. The van der Waals surface area contributed by atoms with Crippen molar-refractivity contribution in [3.8, 4) is 5.75 Å². The first-order valence-corrected chi connectivity index (χ1v) is 10.2. The van der Waals surface area contributed by atoms with Gasteiger partial charge in [-0.2, -0.15) is 0 Å². The fraction of sp³-hybridized carbons (Fsp3) is 0.280. The van der Waals surface area contributed by atoms with Gasteiger partial charge in [0.15, 0.2) is 5.82 Å². The minimum absolute atomic E-state index is 0.488. The van der Waals surface area contributed by atoms with Gasteiger partial charge in [0.25, 0.3) is 0 Å². The normalized spacial score (nSPS) is 11.4. The summed E-state index contributed by atoms with van der Waals surface area (Å²) in [7, 11) is 0. The molecule has 4 heteroatoms. The van der Waals surface area contributed by atoms with E-state index in [-0.39, 0.29) is 0 Å². The maximum absolute atomic E-state index is 6.16. The van der Waals surface area contributed by atoms with Crippen LogP contribution in [0.4, 0.5) is 5.82 Å². The molecule has 0 saturated heterocycles. The van der Waals surface area contributed by atoms with Crippen molar-refractivity contribution in [1.29, 1.82) is 0 Å². The molecule has 4 rings (SSSR count). The summed E-state index contributed by atoms with van der Waals surface area (Å²) < 4.78 is 5.77. The van der Waals surface area contributed by atoms with Gasteiger partial charge in [0, 0.05) is 17.0 Å². The van der Waals surface area contributed by atoms with E-state index in [0.717, 1.165) is 47.0 Å². The standard InChI is InChI=1S/C25H27N3O/c1-16(2)15-29-20-9-7-18(8-10-20)5-6-19-13-22-21-11-4-17(3)12-23(21)28-25(26)24(22)27-14-19/h4,7-14,16H,5-6,15H2,1-3H3,(H2,26,28). The second-order valence-electron chi connectivity index (χ2n) is 8.11. The fourth-order valence-electron chi connectivity index (χ4n) is 3.50. The molecule has 29 heavy (non-hydrogen) atoms. The van der Waals surface area contributed by atoms with Gasteiger partial charge >= 0.3 is 0 Å². The van der Waals surface area contributed by atoms with Crippen molar-refractivity contribution in [3.05, 3.63) is 71.4 Å². The van der Waals surface area contributed by atoms with Crippen LogP contribution in [0.1, 0.15) is 30.5 Å². The Kier molecular flexibility index (Phi) is 5.34. The van der Waals surface area contributed by atoms with Gasteiger partial charge in [-0.15, -0.1) is 0 Å². The third-order valence-corrected chi connectivity index (χ3v) is 5.08. The lowest BCUT2D eigenvalue weighted by Crippen LogP contribution is -2.04. The van der Waals surface area contributed by atoms with Crippen LogP contribution in [-0.4, -0.2) is 16.6 Å². The van der Waals surface area contributed by atoms with E-state index in [2.05, 4.69) is 79.3 Å². The number of anilines is 1. The highest BCUT2D eigenvalue weighted by Crippen LogP contribution is 2.28. The van der Waals surface area contributed by atoms with Crippen LogP contribution < -0.4 is 10.5 Å². The molecule has 2 aromatic carbocycles. The van der Waals surface area contributed by atoms with Crippen LogP contribution in [0.3, 0.4) is 0 Å². The molecule has 2 aromatic heterocycles. The summed E-state index contributed by atoms with van der Waals surface area (Å²) in [6.07, 6.45) is 3.79. The van der Waals surface area contributed by atoms with E-state index in [1.807, 2.05) is 6.20 Å². The first-order valence-electron chi connectivity index (χ1n) is 10.2. The average Bonchev–Trinajstić information content (AvgIpc) is 2.71. The Labute approximate surface area is 171 Å². The zero-order valence-corrected chi connectivity index (χ0v) is 17.3. The molecule has 0 amide bonds. The van der Waals surface area contributed by atoms with Gasteiger partial charge in [-0.25, -0.2) is 4.98 Å². The van der Waals surface area contributed by atoms with E-state index in [4.69, 9.17) is 10.5 Å². The molecular weight excluding hydrogens is 358 g/mol. The topological polar surface area (TPSA) is 61.0 Å². The third-order valence-electron chi connectivity index (χ3n) is 5.08. The van der Waals surface area contributed by atoms with E-state index in [9.17, 15) is 0 Å². The van der Waals surface area contributed by atoms with Crippen LogP contribution in [0.5, 0.6) is 5.75 Å². The molecule has 0 spiro atoms. The molecule has 4 aromatic rings. The van der Waals surface area contributed by atoms with E-state index in [1.165, 1.54) is 16.7 Å². The number of rotatable bonds is 6. The van der Waals surface area contributed by atoms with Crippen LogP contribution in [0.25, 0.3) is 21.8 Å². The lowest BCUT2D eigenvalue weighted by atomic mass is 10.0. The summed E-state index contributed by atoms with van der Waals surface area (Å²) in [5, 5.41) is 2.17. The first kappa shape index (κ1) is 19.2. The minimum Gasteiger partial charge on any atom is -0.493 e. The largest absolute Gasteiger partial charge is 0.493 e. The molecule has 0 saturated carbocycles. The summed E-state index contributed by atoms with van der Waals surface area (Å²) in [5.74, 6) is 1.94. The van der Waals surface area contributed by atoms with E-state index >= 15 is 0 Å². The average molecular weight is 386 g/mol. The highest BCUT2D eigenvalue weighted by atomic mass is 16.5. The summed E-state index contributed by atoms with van der Waals surface area (Å²) in [6.45, 7) is 7.11. The molecular formula is C25H27N3O. The molecule has 148 valence electrons. The van der Waals surface area contributed by atoms with E-state index in [1.54, 1.807) is 0 Å². The van der Waals surface area contributed by atoms with Gasteiger partial charge in [0.2, 0.25) is 0 Å². The molecule has 0 fully saturated rings. The Morgan fingerprint density at radius 3 is 2.45 bits per heavy atom. The minimum atomic E-state index is 0.488. The lowest BCUT2D eigenvalue weighted by molar-refractivity contribution is 0.271. The number of aryl methyl sites for hydroxylation is 3. The van der Waals surface area contributed by atoms with Crippen molar-refractivity contribution in [2.24, 2.45) is 5.92 Å². The summed E-state index contributed by atoms with van der Waals surface area (Å²) >= 11 is 0. The number of ether oxygens (including phenoxy) is 1. The van der Waals surface area contributed by atoms with Crippen molar-refractivity contribution >= 4 is 27.6 Å². The van der Waals surface area contributed by atoms with Gasteiger partial charge in [-0.1, -0.05) is 38.1 Å². The Morgan fingerprint density at radius 2 is 1.69 bits per heavy atom. The quantitative estimate of drug-likeness (QED) is 0.446. The zero-order valence-electron chi connectivity index (χ0n) is 17.3. The Balaban J connectivity index is 1.55. The van der Waals surface area contributed by atoms with Crippen LogP contribution in [0, 0.1) is 12.8 Å². The second-order valence-corrected chi connectivity index (χ2v) is 8.11. The third kappa shape index (κ3) is 4.32. The molecule has 2 heterocycles. The van der Waals surface area contributed by atoms with Crippen molar-refractivity contribution in [2.75, 3.05) is 12.3 Å². The number of nitrogens with two attached hydrogens (primary N) is 1. The van der Waals surface area contributed by atoms with Crippen molar-refractivity contribution in [3.63, 3.8) is 0 Å². The lowest BCUT2D eigenvalue weighted by Gasteiger charge is -2.10. The Morgan fingerprint density at radius 1 is 0.931 bits per heavy atom. The number of hydrogen-bond donors (Lipinski definition) is 1. The van der Waals surface area contributed by atoms with Crippen LogP contribution in [-0.2, 0) is 12.8 Å². The Hall–Kier alpha value is -3.14. The molecule has 0 bridgehead atoms. The molecule has 0 aliphatic carbocycles. The summed E-state index contributed by atoms with van der Waals surface area (Å²) in [5.41, 5.74) is 11.5. The number of fused-ring (bicyclic) bond motifs is 3. The predicted molar refractivity (Wildman–Crippen MR) is 120 cm³/mol. The van der Waals surface area contributed by atoms with Crippen LogP contribution >= 0.6 is 0 Å². The molecule has 0 radical (unpaired) electrons. The van der Waals surface area contributed by atoms with Gasteiger partial charge in [-0.05, 0) is 66.6 Å². The van der Waals surface area contributed by atoms with Crippen molar-refractivity contribution in [1.82, 2.24) is 9.97 Å². The Bertz CT molecular complexity index is 1150. The SMILES string of the molecule is Cc1ccc2c(c1)nc(N)c1ncc(CCc3ccc(OCC(C)C)cc3)cc12. The van der Waals surface area contributed by atoms with Gasteiger partial charge in [-0.3, -0.25) is 4.98 Å². The predicted octanol–water partition coefficient (Wildman–Crippen LogP) is 5.49. The smallest absolute Gasteiger partial charge is 0.150 e. The number of aromatic nitrogens is 2. The highest BCUT2D eigenvalue weighted by molar-refractivity contribution is 6.08. The van der Waals surface area contributed by atoms with E-state index in [0.29, 0.717) is 11.7 Å². The zero-order chi connectivity index (χ0) is 20.4. The number of nitrogens with zero attached hydrogens (tertiary/aromatic N) is 2. The maximum Gasteiger partial charge on any atom is 0.150 e. The second kappa shape index (κ2) is 8.08. The highest BCUT2D eigenvalue weighted by Gasteiger charge is 2.09. The maximum atomic E-state index is 6.16. The van der Waals surface area contributed by atoms with Crippen molar-refractivity contribution < 1.29 is 4.74 Å². The van der Waals surface area contributed by atoms with Gasteiger partial charge in [0.1, 0.15) is 11.3 Å².